The molecule has 37 heavy (non-hydrogen) atoms. The van der Waals surface area contributed by atoms with Crippen LogP contribution in [0.5, 0.6) is 0 Å². The van der Waals surface area contributed by atoms with Crippen LogP contribution in [0.1, 0.15) is 31.1 Å². The van der Waals surface area contributed by atoms with E-state index >= 15 is 0 Å². The zero-order chi connectivity index (χ0) is 27.7. The van der Waals surface area contributed by atoms with Crippen molar-refractivity contribution in [3.8, 4) is 22.8 Å². The van der Waals surface area contributed by atoms with Gasteiger partial charge in [-0.2, -0.15) is 15.5 Å². The maximum Gasteiger partial charge on any atom is 3.00 e. The van der Waals surface area contributed by atoms with Gasteiger partial charge in [0.1, 0.15) is 0 Å². The van der Waals surface area contributed by atoms with Gasteiger partial charge >= 0.3 is 37.4 Å². The standard InChI is InChI=1S/C18H11N3O6.3CNS.Ru/c22-16(23)9-1-3-19-12(5-9)14-7-11(18(26)27)8-15(21-14)13-6-10(17(24)25)2-4-20-13;3*2-1-3;/h1-8H,(H,22,23)(H,24,25)(H,26,27);;;;/q;3*-1;+3. The first kappa shape index (κ1) is 35.0. The van der Waals surface area contributed by atoms with Gasteiger partial charge in [0, 0.05) is 12.4 Å². The molecular formula is C21H11N6O6RuS3. The Morgan fingerprint density at radius 2 is 0.892 bits per heavy atom. The topological polar surface area (TPSA) is 217 Å². The molecule has 0 spiro atoms. The van der Waals surface area contributed by atoms with E-state index in [9.17, 15) is 19.5 Å². The first-order chi connectivity index (χ1) is 17.1. The number of pyridine rings is 3. The first-order valence-corrected chi connectivity index (χ1v) is 10.0. The molecule has 0 fully saturated rings. The summed E-state index contributed by atoms with van der Waals surface area (Å²) in [6, 6.07) is 7.63. The molecule has 1 radical (unpaired) electrons. The van der Waals surface area contributed by atoms with Crippen LogP contribution in [0.15, 0.2) is 48.8 Å². The van der Waals surface area contributed by atoms with Crippen LogP contribution in [0, 0.1) is 0 Å². The summed E-state index contributed by atoms with van der Waals surface area (Å²) in [4.78, 5) is 46.1. The molecular weight excluding hydrogens is 630 g/mol. The van der Waals surface area contributed by atoms with Gasteiger partial charge in [-0.05, 0) is 36.4 Å². The van der Waals surface area contributed by atoms with Crippen molar-refractivity contribution in [3.05, 3.63) is 81.7 Å². The number of carbonyl (C=O) groups is 3. The van der Waals surface area contributed by atoms with Gasteiger partial charge in [0.05, 0.1) is 39.5 Å². The summed E-state index contributed by atoms with van der Waals surface area (Å²) < 4.78 is 0. The van der Waals surface area contributed by atoms with Gasteiger partial charge in [-0.15, -0.1) is 0 Å². The molecule has 0 aliphatic heterocycles. The number of carboxylic acids is 3. The maximum atomic E-state index is 11.5. The molecule has 187 valence electrons. The average Bonchev–Trinajstić information content (AvgIpc) is 2.85. The Balaban J connectivity index is 0. The average molecular weight is 641 g/mol. The minimum absolute atomic E-state index is 0. The Morgan fingerprint density at radius 1 is 0.622 bits per heavy atom. The van der Waals surface area contributed by atoms with E-state index in [2.05, 4.69) is 51.6 Å². The predicted molar refractivity (Wildman–Crippen MR) is 139 cm³/mol. The number of isothiocyanates is 3. The summed E-state index contributed by atoms with van der Waals surface area (Å²) in [6.07, 6.45) is 2.55. The van der Waals surface area contributed by atoms with Crippen molar-refractivity contribution in [2.75, 3.05) is 0 Å². The zero-order valence-electron chi connectivity index (χ0n) is 17.9. The molecule has 0 saturated heterocycles. The number of hydrogen-bond donors (Lipinski definition) is 3. The first-order valence-electron chi connectivity index (χ1n) is 8.78. The van der Waals surface area contributed by atoms with Crippen molar-refractivity contribution in [2.45, 2.75) is 0 Å². The molecule has 0 aliphatic rings. The minimum atomic E-state index is -1.23. The number of aromatic carboxylic acids is 3. The van der Waals surface area contributed by atoms with Crippen molar-refractivity contribution < 1.29 is 49.2 Å². The van der Waals surface area contributed by atoms with Crippen molar-refractivity contribution in [2.24, 2.45) is 0 Å². The predicted octanol–water partition coefficient (Wildman–Crippen LogP) is 4.27. The molecule has 0 amide bonds. The largest absolute Gasteiger partial charge is 3.00 e. The third-order valence-electron chi connectivity index (χ3n) is 3.61. The molecule has 3 aromatic rings. The van der Waals surface area contributed by atoms with Crippen LogP contribution in [0.3, 0.4) is 0 Å². The number of hydrogen-bond acceptors (Lipinski definition) is 9. The molecule has 0 aromatic carbocycles. The molecule has 0 atom stereocenters. The van der Waals surface area contributed by atoms with E-state index in [0.29, 0.717) is 0 Å². The Bertz CT molecular complexity index is 1270. The number of carboxylic acid groups (broad SMARTS) is 3. The van der Waals surface area contributed by atoms with E-state index in [1.807, 2.05) is 0 Å². The number of nitrogens with zero attached hydrogens (tertiary/aromatic N) is 6. The Morgan fingerprint density at radius 3 is 1.16 bits per heavy atom. The van der Waals surface area contributed by atoms with Crippen LogP contribution in [0.25, 0.3) is 39.0 Å². The van der Waals surface area contributed by atoms with E-state index in [1.54, 1.807) is 0 Å². The summed E-state index contributed by atoms with van der Waals surface area (Å²) in [5.74, 6) is -3.56. The van der Waals surface area contributed by atoms with E-state index in [1.165, 1.54) is 64.3 Å². The third-order valence-corrected chi connectivity index (χ3v) is 3.61. The monoisotopic (exact) mass is 641 g/mol. The second-order valence-corrected chi connectivity index (χ2v) is 6.22. The van der Waals surface area contributed by atoms with E-state index in [4.69, 9.17) is 26.4 Å². The smallest absolute Gasteiger partial charge is 0.753 e. The molecule has 0 unspecified atom stereocenters. The van der Waals surface area contributed by atoms with Crippen molar-refractivity contribution in [1.82, 2.24) is 15.0 Å². The van der Waals surface area contributed by atoms with Gasteiger partial charge in [-0.1, -0.05) is 36.7 Å². The SMILES string of the molecule is O=C(O)c1ccnc(-c2cc(C(=O)O)cc(-c3cc(C(=O)O)ccn3)n2)c1.[N-]=C=S.[N-]=C=S.[N-]=C=S.[Ru+3]. The van der Waals surface area contributed by atoms with Crippen LogP contribution in [0.2, 0.25) is 0 Å². The summed E-state index contributed by atoms with van der Waals surface area (Å²) in [5.41, 5.74) is 0.374. The number of aromatic nitrogens is 3. The molecule has 12 nitrogen and oxygen atoms in total. The molecule has 3 heterocycles. The Hall–Kier alpha value is -4.12. The fourth-order valence-electron chi connectivity index (χ4n) is 2.32. The number of thiocarbonyl (C=S) groups is 3. The van der Waals surface area contributed by atoms with Gasteiger partial charge in [0.25, 0.3) is 0 Å². The minimum Gasteiger partial charge on any atom is -0.753 e. The summed E-state index contributed by atoms with van der Waals surface area (Å²) >= 11 is 11.1. The van der Waals surface area contributed by atoms with Crippen molar-refractivity contribution in [1.29, 1.82) is 0 Å². The fraction of sp³-hybridized carbons (Fsp3) is 0. The molecule has 16 heteroatoms. The van der Waals surface area contributed by atoms with Crippen LogP contribution in [-0.2, 0) is 19.5 Å². The van der Waals surface area contributed by atoms with Gasteiger partial charge in [0.2, 0.25) is 0 Å². The molecule has 0 saturated carbocycles. The van der Waals surface area contributed by atoms with Crippen LogP contribution in [-0.4, -0.2) is 63.7 Å². The Kier molecular flexibility index (Phi) is 18.1. The van der Waals surface area contributed by atoms with E-state index in [0.717, 1.165) is 0 Å². The normalized spacial score (nSPS) is 8.22. The molecule has 3 aromatic heterocycles. The van der Waals surface area contributed by atoms with Gasteiger partial charge in [0.15, 0.2) is 0 Å². The molecule has 3 rings (SSSR count). The van der Waals surface area contributed by atoms with E-state index in [-0.39, 0.29) is 58.9 Å². The van der Waals surface area contributed by atoms with Gasteiger partial charge < -0.3 is 31.5 Å². The fourth-order valence-corrected chi connectivity index (χ4v) is 2.32. The van der Waals surface area contributed by atoms with Gasteiger partial charge in [-0.25, -0.2) is 19.4 Å². The second kappa shape index (κ2) is 19.1. The summed E-state index contributed by atoms with van der Waals surface area (Å²) in [5, 5.41) is 53.0. The van der Waals surface area contributed by atoms with Crippen LogP contribution >= 0.6 is 36.7 Å². The molecule has 3 N–H and O–H groups in total. The van der Waals surface area contributed by atoms with Crippen LogP contribution < -0.4 is 0 Å². The maximum absolute atomic E-state index is 11.5. The summed E-state index contributed by atoms with van der Waals surface area (Å²) in [7, 11) is 0. The quantitative estimate of drug-likeness (QED) is 0.202. The second-order valence-electron chi connectivity index (χ2n) is 5.68. The Labute approximate surface area is 237 Å². The van der Waals surface area contributed by atoms with Crippen LogP contribution in [0.4, 0.5) is 0 Å². The molecule has 0 aliphatic carbocycles. The number of rotatable bonds is 5. The van der Waals surface area contributed by atoms with Crippen molar-refractivity contribution in [3.63, 3.8) is 0 Å². The third kappa shape index (κ3) is 12.4. The van der Waals surface area contributed by atoms with E-state index < -0.39 is 17.9 Å². The van der Waals surface area contributed by atoms with Crippen molar-refractivity contribution >= 4 is 70.0 Å². The summed E-state index contributed by atoms with van der Waals surface area (Å²) in [6.45, 7) is 0. The molecule has 0 bridgehead atoms. The van der Waals surface area contributed by atoms with Gasteiger partial charge in [-0.3, -0.25) is 9.97 Å². The zero-order valence-corrected chi connectivity index (χ0v) is 22.1.